The van der Waals surface area contributed by atoms with E-state index in [-0.39, 0.29) is 17.2 Å². The molecule has 12 heteroatoms. The Labute approximate surface area is 261 Å². The zero-order valence-corrected chi connectivity index (χ0v) is 26.2. The number of amides is 1. The fourth-order valence-corrected chi connectivity index (χ4v) is 6.09. The minimum absolute atomic E-state index is 0.00746. The molecule has 232 valence electrons. The molecule has 1 amide bonds. The number of halogens is 2. The van der Waals surface area contributed by atoms with Crippen molar-refractivity contribution in [3.05, 3.63) is 100 Å². The number of anilines is 1. The highest BCUT2D eigenvalue weighted by atomic mass is 32.2. The Morgan fingerprint density at radius 2 is 1.71 bits per heavy atom. The van der Waals surface area contributed by atoms with E-state index in [1.54, 1.807) is 24.8 Å². The van der Waals surface area contributed by atoms with E-state index in [4.69, 9.17) is 0 Å². The Balaban J connectivity index is 1.45. The third-order valence-corrected chi connectivity index (χ3v) is 8.96. The molecule has 0 saturated carbocycles. The first-order valence-corrected chi connectivity index (χ1v) is 15.8. The number of piperazine rings is 1. The van der Waals surface area contributed by atoms with E-state index in [0.29, 0.717) is 58.8 Å². The van der Waals surface area contributed by atoms with Gasteiger partial charge in [-0.1, -0.05) is 30.9 Å². The summed E-state index contributed by atoms with van der Waals surface area (Å²) in [5.74, 6) is 4.18. The molecule has 9 nitrogen and oxygen atoms in total. The highest BCUT2D eigenvalue weighted by Crippen LogP contribution is 2.27. The third-order valence-electron chi connectivity index (χ3n) is 7.56. The van der Waals surface area contributed by atoms with E-state index < -0.39 is 26.6 Å². The van der Waals surface area contributed by atoms with Gasteiger partial charge in [-0.05, 0) is 63.2 Å². The molecule has 2 aromatic carbocycles. The van der Waals surface area contributed by atoms with Crippen molar-refractivity contribution in [3.8, 4) is 23.1 Å². The maximum Gasteiger partial charge on any atom is 0.264 e. The summed E-state index contributed by atoms with van der Waals surface area (Å²) in [6.07, 6.45) is 3.38. The van der Waals surface area contributed by atoms with Crippen LogP contribution >= 0.6 is 0 Å². The average molecular weight is 631 g/mol. The highest BCUT2D eigenvalue weighted by molar-refractivity contribution is 7.92. The van der Waals surface area contributed by atoms with E-state index in [0.717, 1.165) is 19.2 Å². The van der Waals surface area contributed by atoms with Crippen LogP contribution in [0.15, 0.2) is 59.9 Å². The summed E-state index contributed by atoms with van der Waals surface area (Å²) < 4.78 is 58.2. The summed E-state index contributed by atoms with van der Waals surface area (Å²) in [4.78, 5) is 29.3. The maximum absolute atomic E-state index is 15.3. The Hall–Kier alpha value is -4.73. The van der Waals surface area contributed by atoms with E-state index in [1.165, 1.54) is 42.9 Å². The van der Waals surface area contributed by atoms with Crippen LogP contribution in [-0.4, -0.2) is 72.3 Å². The maximum atomic E-state index is 15.3. The number of benzene rings is 2. The molecule has 0 unspecified atom stereocenters. The second kappa shape index (κ2) is 13.1. The molecule has 1 aliphatic heterocycles. The predicted molar refractivity (Wildman–Crippen MR) is 167 cm³/mol. The topological polar surface area (TPSA) is 108 Å². The van der Waals surface area contributed by atoms with Gasteiger partial charge in [-0.25, -0.2) is 27.2 Å². The molecule has 1 aliphatic rings. The van der Waals surface area contributed by atoms with Gasteiger partial charge in [0.1, 0.15) is 22.9 Å². The summed E-state index contributed by atoms with van der Waals surface area (Å²) in [5.41, 5.74) is 3.38. The number of likely N-dealkylation sites (N-methyl/N-ethyl adjacent to an activating group) is 1. The molecule has 0 atom stereocenters. The fraction of sp³-hybridized carbons (Fsp3) is 0.273. The van der Waals surface area contributed by atoms with Crippen LogP contribution in [-0.2, 0) is 16.4 Å². The van der Waals surface area contributed by atoms with Gasteiger partial charge >= 0.3 is 0 Å². The van der Waals surface area contributed by atoms with Crippen LogP contribution in [0.25, 0.3) is 11.3 Å². The van der Waals surface area contributed by atoms with Crippen LogP contribution in [0.1, 0.15) is 45.4 Å². The molecule has 45 heavy (non-hydrogen) atoms. The Morgan fingerprint density at radius 1 is 0.956 bits per heavy atom. The molecule has 0 bridgehead atoms. The highest BCUT2D eigenvalue weighted by Gasteiger charge is 2.24. The van der Waals surface area contributed by atoms with Crippen LogP contribution in [0.4, 0.5) is 14.5 Å². The van der Waals surface area contributed by atoms with Gasteiger partial charge < -0.3 is 9.80 Å². The molecule has 2 aromatic heterocycles. The zero-order chi connectivity index (χ0) is 32.3. The number of carbonyl (C=O) groups excluding carboxylic acids is 1. The van der Waals surface area contributed by atoms with Crippen molar-refractivity contribution in [1.29, 1.82) is 0 Å². The molecule has 3 heterocycles. The number of sulfonamides is 1. The molecule has 5 rings (SSSR count). The van der Waals surface area contributed by atoms with Gasteiger partial charge in [-0.3, -0.25) is 14.5 Å². The Morgan fingerprint density at radius 3 is 2.40 bits per heavy atom. The lowest BCUT2D eigenvalue weighted by atomic mass is 10.0. The predicted octanol–water partition coefficient (Wildman–Crippen LogP) is 4.58. The molecule has 1 saturated heterocycles. The quantitative estimate of drug-likeness (QED) is 0.311. The molecule has 1 N–H and O–H groups in total. The standard InChI is InChI=1S/C33H32F2N6O3S/c1-5-29-26(9-7-23-17-30(22(3)36-19-23)39-45(43,44)31-11-6-21(2)16-28(31)35)32(38-20-37-29)24-8-10-25(27(34)18-24)33(42)41-14-12-40(4)13-15-41/h6,8,10-11,16-20,39H,5,12-15H2,1-4H3. The van der Waals surface area contributed by atoms with Crippen molar-refractivity contribution in [3.63, 3.8) is 0 Å². The molecule has 4 aromatic rings. The van der Waals surface area contributed by atoms with Crippen LogP contribution in [0, 0.1) is 37.3 Å². The Kier molecular flexibility index (Phi) is 9.22. The number of aromatic nitrogens is 3. The molecular formula is C33H32F2N6O3S. The molecule has 1 fully saturated rings. The monoisotopic (exact) mass is 630 g/mol. The van der Waals surface area contributed by atoms with E-state index in [2.05, 4.69) is 36.4 Å². The largest absolute Gasteiger partial charge is 0.336 e. The van der Waals surface area contributed by atoms with Crippen molar-refractivity contribution in [2.45, 2.75) is 32.1 Å². The van der Waals surface area contributed by atoms with Crippen molar-refractivity contribution >= 4 is 21.6 Å². The average Bonchev–Trinajstić information content (AvgIpc) is 3.01. The summed E-state index contributed by atoms with van der Waals surface area (Å²) in [7, 11) is -2.26. The van der Waals surface area contributed by atoms with Gasteiger partial charge in [-0.15, -0.1) is 0 Å². The van der Waals surface area contributed by atoms with E-state index >= 15 is 4.39 Å². The number of hydrogen-bond donors (Lipinski definition) is 1. The van der Waals surface area contributed by atoms with Crippen LogP contribution in [0.5, 0.6) is 0 Å². The van der Waals surface area contributed by atoms with Gasteiger partial charge in [0.2, 0.25) is 0 Å². The van der Waals surface area contributed by atoms with Crippen LogP contribution in [0.3, 0.4) is 0 Å². The first-order valence-electron chi connectivity index (χ1n) is 14.4. The van der Waals surface area contributed by atoms with Gasteiger partial charge in [0, 0.05) is 43.5 Å². The number of hydrogen-bond acceptors (Lipinski definition) is 7. The normalized spacial score (nSPS) is 13.7. The number of nitrogens with zero attached hydrogens (tertiary/aromatic N) is 5. The van der Waals surface area contributed by atoms with Crippen molar-refractivity contribution in [2.24, 2.45) is 0 Å². The minimum atomic E-state index is -4.24. The lowest BCUT2D eigenvalue weighted by Crippen LogP contribution is -2.47. The Bertz CT molecular complexity index is 1950. The number of nitrogens with one attached hydrogen (secondary N) is 1. The number of carbonyl (C=O) groups is 1. The van der Waals surface area contributed by atoms with Crippen molar-refractivity contribution in [1.82, 2.24) is 24.8 Å². The number of rotatable bonds is 6. The van der Waals surface area contributed by atoms with Crippen LogP contribution < -0.4 is 4.72 Å². The van der Waals surface area contributed by atoms with Gasteiger partial charge in [-0.2, -0.15) is 0 Å². The number of pyridine rings is 1. The SMILES string of the molecule is CCc1ncnc(-c2ccc(C(=O)N3CCN(C)CC3)c(F)c2)c1C#Cc1cnc(C)c(NS(=O)(=O)c2ccc(C)cc2F)c1. The molecule has 0 radical (unpaired) electrons. The van der Waals surface area contributed by atoms with E-state index in [9.17, 15) is 17.6 Å². The van der Waals surface area contributed by atoms with Crippen molar-refractivity contribution < 1.29 is 22.0 Å². The lowest BCUT2D eigenvalue weighted by molar-refractivity contribution is 0.0659. The first-order chi connectivity index (χ1) is 21.5. The minimum Gasteiger partial charge on any atom is -0.336 e. The van der Waals surface area contributed by atoms with Gasteiger partial charge in [0.05, 0.1) is 33.9 Å². The summed E-state index contributed by atoms with van der Waals surface area (Å²) >= 11 is 0. The smallest absolute Gasteiger partial charge is 0.264 e. The fourth-order valence-electron chi connectivity index (χ4n) is 4.92. The molecular weight excluding hydrogens is 598 g/mol. The lowest BCUT2D eigenvalue weighted by Gasteiger charge is -2.32. The second-order valence-corrected chi connectivity index (χ2v) is 12.5. The summed E-state index contributed by atoms with van der Waals surface area (Å²) in [6.45, 7) is 7.70. The zero-order valence-electron chi connectivity index (χ0n) is 25.4. The number of aryl methyl sites for hydroxylation is 3. The summed E-state index contributed by atoms with van der Waals surface area (Å²) in [5, 5.41) is 0. The molecule has 0 spiro atoms. The molecule has 0 aliphatic carbocycles. The van der Waals surface area contributed by atoms with Crippen LogP contribution in [0.2, 0.25) is 0 Å². The summed E-state index contributed by atoms with van der Waals surface area (Å²) in [6, 6.07) is 9.77. The van der Waals surface area contributed by atoms with E-state index in [1.807, 2.05) is 14.0 Å². The van der Waals surface area contributed by atoms with Crippen molar-refractivity contribution in [2.75, 3.05) is 37.9 Å². The van der Waals surface area contributed by atoms with Gasteiger partial charge in [0.15, 0.2) is 0 Å². The third kappa shape index (κ3) is 7.00. The van der Waals surface area contributed by atoms with Gasteiger partial charge in [0.25, 0.3) is 15.9 Å². The second-order valence-electron chi connectivity index (χ2n) is 10.8. The first kappa shape index (κ1) is 31.7.